The van der Waals surface area contributed by atoms with Crippen LogP contribution in [0.15, 0.2) is 48.6 Å². The average Bonchev–Trinajstić information content (AvgIpc) is 3.41. The van der Waals surface area contributed by atoms with E-state index in [2.05, 4.69) is 62.5 Å². The van der Waals surface area contributed by atoms with Gasteiger partial charge in [0.15, 0.2) is 6.10 Å². The van der Waals surface area contributed by atoms with Crippen molar-refractivity contribution in [2.75, 3.05) is 13.2 Å². The summed E-state index contributed by atoms with van der Waals surface area (Å²) in [4.78, 5) is 24.6. The van der Waals surface area contributed by atoms with Crippen molar-refractivity contribution in [2.24, 2.45) is 0 Å². The third kappa shape index (κ3) is 64.3. The van der Waals surface area contributed by atoms with E-state index in [1.54, 1.807) is 0 Å². The Morgan fingerprint density at radius 2 is 0.573 bits per heavy atom. The lowest BCUT2D eigenvalue weighted by molar-refractivity contribution is -0.161. The topological polar surface area (TPSA) is 72.8 Å². The monoisotopic (exact) mass is 1050 g/mol. The molecular weight excluding hydrogens is 921 g/mol. The van der Waals surface area contributed by atoms with Gasteiger partial charge in [-0.2, -0.15) is 0 Å². The lowest BCUT2D eigenvalue weighted by Crippen LogP contribution is -2.28. The molecule has 1 unspecified atom stereocenters. The molecule has 0 fully saturated rings. The molecule has 0 aliphatic heterocycles. The summed E-state index contributed by atoms with van der Waals surface area (Å²) in [5, 5.41) is 9.68. The molecule has 0 aliphatic carbocycles. The highest BCUT2D eigenvalue weighted by Crippen LogP contribution is 2.19. The predicted molar refractivity (Wildman–Crippen MR) is 330 cm³/mol. The quantitative estimate of drug-likeness (QED) is 0.0373. The molecule has 0 aromatic carbocycles. The summed E-state index contributed by atoms with van der Waals surface area (Å²) in [5.41, 5.74) is 0. The number of carbonyl (C=O) groups is 2. The van der Waals surface area contributed by atoms with E-state index in [4.69, 9.17) is 9.47 Å². The minimum atomic E-state index is -0.768. The van der Waals surface area contributed by atoms with Gasteiger partial charge in [-0.05, 0) is 51.4 Å². The van der Waals surface area contributed by atoms with Gasteiger partial charge in [0.1, 0.15) is 6.61 Å². The summed E-state index contributed by atoms with van der Waals surface area (Å²) in [6, 6.07) is 0. The fourth-order valence-corrected chi connectivity index (χ4v) is 10.4. The first-order chi connectivity index (χ1) is 37.1. The van der Waals surface area contributed by atoms with Crippen LogP contribution in [0.5, 0.6) is 0 Å². The van der Waals surface area contributed by atoms with Gasteiger partial charge in [0, 0.05) is 12.8 Å². The van der Waals surface area contributed by atoms with E-state index in [0.29, 0.717) is 12.8 Å². The second-order valence-corrected chi connectivity index (χ2v) is 22.9. The second-order valence-electron chi connectivity index (χ2n) is 22.9. The molecule has 1 atom stereocenters. The number of aliphatic hydroxyl groups is 1. The molecule has 0 bridgehead atoms. The molecule has 440 valence electrons. The molecule has 0 aliphatic rings. The third-order valence-electron chi connectivity index (χ3n) is 15.4. The number of hydrogen-bond donors (Lipinski definition) is 1. The summed E-state index contributed by atoms with van der Waals surface area (Å²) in [6.45, 7) is 4.09. The lowest BCUT2D eigenvalue weighted by atomic mass is 10.0. The van der Waals surface area contributed by atoms with Gasteiger partial charge in [-0.3, -0.25) is 9.59 Å². The number of ether oxygens (including phenoxy) is 2. The Morgan fingerprint density at radius 3 is 0.867 bits per heavy atom. The van der Waals surface area contributed by atoms with Crippen LogP contribution in [0.25, 0.3) is 0 Å². The summed E-state index contributed by atoms with van der Waals surface area (Å²) >= 11 is 0. The molecule has 0 aromatic heterocycles. The van der Waals surface area contributed by atoms with Gasteiger partial charge in [0.2, 0.25) is 0 Å². The van der Waals surface area contributed by atoms with Gasteiger partial charge in [-0.15, -0.1) is 0 Å². The van der Waals surface area contributed by atoms with Crippen molar-refractivity contribution in [3.63, 3.8) is 0 Å². The van der Waals surface area contributed by atoms with Crippen molar-refractivity contribution in [1.29, 1.82) is 0 Å². The maximum absolute atomic E-state index is 12.3. The van der Waals surface area contributed by atoms with Gasteiger partial charge < -0.3 is 14.6 Å². The van der Waals surface area contributed by atoms with Crippen LogP contribution in [0.3, 0.4) is 0 Å². The fraction of sp³-hybridized carbons (Fsp3) is 0.857. The van der Waals surface area contributed by atoms with Crippen molar-refractivity contribution < 1.29 is 24.2 Å². The molecule has 5 nitrogen and oxygen atoms in total. The summed E-state index contributed by atoms with van der Waals surface area (Å²) in [6.07, 6.45) is 88.6. The Bertz CT molecular complexity index is 1230. The molecule has 1 N–H and O–H groups in total. The zero-order chi connectivity index (χ0) is 54.1. The SMILES string of the molecule is CC/C=C\C/C=C\C/C=C\C/C=C\CCCCCCCCCCCCCCCCCCCCCCCCCCCCCCC(=O)OC(CO)COC(=O)CCCCCCCCCCCCCCCCCCCCCC. The zero-order valence-electron chi connectivity index (χ0n) is 50.6. The Balaban J connectivity index is 3.36. The maximum Gasteiger partial charge on any atom is 0.306 e. The van der Waals surface area contributed by atoms with E-state index in [0.717, 1.165) is 57.8 Å². The van der Waals surface area contributed by atoms with E-state index in [1.165, 1.54) is 283 Å². The maximum atomic E-state index is 12.3. The van der Waals surface area contributed by atoms with Crippen LogP contribution in [0, 0.1) is 0 Å². The highest BCUT2D eigenvalue weighted by molar-refractivity contribution is 5.70. The van der Waals surface area contributed by atoms with Gasteiger partial charge in [-0.1, -0.05) is 351 Å². The standard InChI is InChI=1S/C70H130O5/c1-3-5-7-9-11-13-15-17-19-21-23-25-26-27-28-29-30-31-32-33-34-35-36-37-38-39-40-41-42-43-44-45-47-49-51-53-55-57-59-61-63-65-70(73)75-68(66-71)67-74-69(72)64-62-60-58-56-54-52-50-48-46-24-22-20-18-16-14-12-10-8-6-4-2/h5,7,11,13,17,19,23,25,68,71H,3-4,6,8-10,12,14-16,18,20-22,24,26-67H2,1-2H3/b7-5-,13-11-,19-17-,25-23-. The molecule has 0 saturated carbocycles. The van der Waals surface area contributed by atoms with Crippen molar-refractivity contribution in [3.05, 3.63) is 48.6 Å². The van der Waals surface area contributed by atoms with Crippen LogP contribution < -0.4 is 0 Å². The number of esters is 2. The van der Waals surface area contributed by atoms with E-state index >= 15 is 0 Å². The second kappa shape index (κ2) is 66.1. The molecule has 0 saturated heterocycles. The average molecular weight is 1050 g/mol. The first-order valence-corrected chi connectivity index (χ1v) is 33.7. The number of hydrogen-bond acceptors (Lipinski definition) is 5. The van der Waals surface area contributed by atoms with Crippen LogP contribution in [0.1, 0.15) is 367 Å². The molecule has 0 rings (SSSR count). The first kappa shape index (κ1) is 72.9. The normalized spacial score (nSPS) is 12.4. The lowest BCUT2D eigenvalue weighted by Gasteiger charge is -2.15. The van der Waals surface area contributed by atoms with Gasteiger partial charge in [-0.25, -0.2) is 0 Å². The number of carbonyl (C=O) groups excluding carboxylic acids is 2. The first-order valence-electron chi connectivity index (χ1n) is 33.7. The van der Waals surface area contributed by atoms with Crippen LogP contribution in [0.4, 0.5) is 0 Å². The Labute approximate surface area is 469 Å². The molecular formula is C70H130O5. The van der Waals surface area contributed by atoms with Crippen LogP contribution in [-0.4, -0.2) is 36.4 Å². The number of rotatable bonds is 63. The van der Waals surface area contributed by atoms with Gasteiger partial charge in [0.05, 0.1) is 6.61 Å². The van der Waals surface area contributed by atoms with Gasteiger partial charge >= 0.3 is 11.9 Å². The Hall–Kier alpha value is -2.14. The van der Waals surface area contributed by atoms with E-state index in [1.807, 2.05) is 0 Å². The minimum absolute atomic E-state index is 0.0581. The van der Waals surface area contributed by atoms with Crippen LogP contribution in [-0.2, 0) is 19.1 Å². The third-order valence-corrected chi connectivity index (χ3v) is 15.4. The molecule has 5 heteroatoms. The van der Waals surface area contributed by atoms with Crippen molar-refractivity contribution >= 4 is 11.9 Å². The molecule has 0 aromatic rings. The zero-order valence-corrected chi connectivity index (χ0v) is 50.6. The van der Waals surface area contributed by atoms with E-state index in [9.17, 15) is 14.7 Å². The summed E-state index contributed by atoms with van der Waals surface area (Å²) in [5.74, 6) is -0.565. The number of aliphatic hydroxyl groups excluding tert-OH is 1. The Kier molecular flexibility index (Phi) is 64.3. The molecule has 0 spiro atoms. The van der Waals surface area contributed by atoms with E-state index in [-0.39, 0.29) is 25.2 Å². The van der Waals surface area contributed by atoms with E-state index < -0.39 is 6.10 Å². The summed E-state index contributed by atoms with van der Waals surface area (Å²) < 4.78 is 10.7. The molecule has 75 heavy (non-hydrogen) atoms. The molecule has 0 amide bonds. The molecule has 0 heterocycles. The summed E-state index contributed by atoms with van der Waals surface area (Å²) in [7, 11) is 0. The predicted octanol–water partition coefficient (Wildman–Crippen LogP) is 23.2. The van der Waals surface area contributed by atoms with Crippen LogP contribution >= 0.6 is 0 Å². The Morgan fingerprint density at radius 1 is 0.320 bits per heavy atom. The minimum Gasteiger partial charge on any atom is -0.462 e. The highest BCUT2D eigenvalue weighted by atomic mass is 16.6. The largest absolute Gasteiger partial charge is 0.462 e. The van der Waals surface area contributed by atoms with Crippen molar-refractivity contribution in [2.45, 2.75) is 373 Å². The smallest absolute Gasteiger partial charge is 0.306 e. The highest BCUT2D eigenvalue weighted by Gasteiger charge is 2.16. The fourth-order valence-electron chi connectivity index (χ4n) is 10.4. The van der Waals surface area contributed by atoms with Crippen molar-refractivity contribution in [1.82, 2.24) is 0 Å². The van der Waals surface area contributed by atoms with Crippen molar-refractivity contribution in [3.8, 4) is 0 Å². The molecule has 0 radical (unpaired) electrons. The van der Waals surface area contributed by atoms with Crippen LogP contribution in [0.2, 0.25) is 0 Å². The van der Waals surface area contributed by atoms with Gasteiger partial charge in [0.25, 0.3) is 0 Å². The number of unbranched alkanes of at least 4 members (excludes halogenated alkanes) is 47. The number of allylic oxidation sites excluding steroid dienone is 8.